The van der Waals surface area contributed by atoms with Crippen molar-refractivity contribution < 1.29 is 17.9 Å². The molecule has 1 heterocycles. The van der Waals surface area contributed by atoms with Crippen LogP contribution in [-0.4, -0.2) is 15.9 Å². The lowest BCUT2D eigenvalue weighted by atomic mass is 10.1. The first-order valence-electron chi connectivity index (χ1n) is 12.8. The maximum absolute atomic E-state index is 13.4. The van der Waals surface area contributed by atoms with Crippen LogP contribution in [0.4, 0.5) is 13.2 Å². The Labute approximate surface area is 232 Å². The summed E-state index contributed by atoms with van der Waals surface area (Å²) < 4.78 is 47.3. The zero-order valence-electron chi connectivity index (χ0n) is 21.5. The van der Waals surface area contributed by atoms with E-state index in [0.29, 0.717) is 28.8 Å². The fourth-order valence-electron chi connectivity index (χ4n) is 4.61. The highest BCUT2D eigenvalue weighted by Crippen LogP contribution is 2.32. The summed E-state index contributed by atoms with van der Waals surface area (Å²) in [5.41, 5.74) is 0.888. The van der Waals surface area contributed by atoms with E-state index in [4.69, 9.17) is 4.74 Å². The molecule has 6 rings (SSSR count). The molecule has 0 unspecified atom stereocenters. The smallest absolute Gasteiger partial charge is 0.416 e. The van der Waals surface area contributed by atoms with Crippen molar-refractivity contribution in [3.8, 4) is 17.1 Å². The molecule has 0 fully saturated rings. The van der Waals surface area contributed by atoms with E-state index in [-0.39, 0.29) is 11.4 Å². The van der Waals surface area contributed by atoms with E-state index < -0.39 is 17.3 Å². The fraction of sp³-hybridized carbons (Fsp3) is 0.0606. The molecule has 0 saturated carbocycles. The van der Waals surface area contributed by atoms with E-state index in [0.717, 1.165) is 33.1 Å². The number of nitrogens with zero attached hydrogens (tertiary/aromatic N) is 3. The Morgan fingerprint density at radius 1 is 0.805 bits per heavy atom. The molecule has 6 aromatic rings. The summed E-state index contributed by atoms with van der Waals surface area (Å²) in [5, 5.41) is 6.92. The van der Waals surface area contributed by atoms with Gasteiger partial charge in [-0.15, -0.1) is 0 Å². The molecule has 8 heteroatoms. The lowest BCUT2D eigenvalue weighted by molar-refractivity contribution is -0.137. The average molecular weight is 550 g/mol. The zero-order valence-corrected chi connectivity index (χ0v) is 21.5. The molecule has 202 valence electrons. The second-order valence-electron chi connectivity index (χ2n) is 9.39. The van der Waals surface area contributed by atoms with Gasteiger partial charge in [0.05, 0.1) is 22.7 Å². The Morgan fingerprint density at radius 2 is 1.51 bits per heavy atom. The summed E-state index contributed by atoms with van der Waals surface area (Å²) in [7, 11) is 0. The van der Waals surface area contributed by atoms with Crippen LogP contribution in [0.5, 0.6) is 5.75 Å². The molecular weight excluding hydrogens is 527 g/mol. The summed E-state index contributed by atoms with van der Waals surface area (Å²) in [4.78, 5) is 17.9. The van der Waals surface area contributed by atoms with Crippen LogP contribution in [0.1, 0.15) is 16.7 Å². The summed E-state index contributed by atoms with van der Waals surface area (Å²) >= 11 is 0. The Kier molecular flexibility index (Phi) is 6.81. The Bertz CT molecular complexity index is 1960. The minimum atomic E-state index is -4.54. The second-order valence-corrected chi connectivity index (χ2v) is 9.39. The van der Waals surface area contributed by atoms with Crippen LogP contribution in [0.15, 0.2) is 125 Å². The number of hydrogen-bond donors (Lipinski definition) is 0. The van der Waals surface area contributed by atoms with Gasteiger partial charge in [-0.3, -0.25) is 4.79 Å². The molecule has 0 aliphatic rings. The molecule has 5 nitrogen and oxygen atoms in total. The first-order chi connectivity index (χ1) is 19.9. The van der Waals surface area contributed by atoms with Crippen LogP contribution in [0.25, 0.3) is 33.1 Å². The van der Waals surface area contributed by atoms with Crippen LogP contribution in [-0.2, 0) is 12.8 Å². The van der Waals surface area contributed by atoms with E-state index in [9.17, 15) is 18.0 Å². The Hall–Kier alpha value is -5.24. The van der Waals surface area contributed by atoms with Gasteiger partial charge >= 0.3 is 6.18 Å². The van der Waals surface area contributed by atoms with Crippen LogP contribution < -0.4 is 10.3 Å². The third kappa shape index (κ3) is 5.45. The number of benzene rings is 5. The molecule has 0 atom stereocenters. The molecule has 0 aliphatic carbocycles. The summed E-state index contributed by atoms with van der Waals surface area (Å²) in [6.45, 7) is 0.396. The average Bonchev–Trinajstić information content (AvgIpc) is 2.99. The van der Waals surface area contributed by atoms with Gasteiger partial charge in [-0.1, -0.05) is 66.7 Å². The number of ether oxygens (including phenoxy) is 1. The van der Waals surface area contributed by atoms with Crippen molar-refractivity contribution >= 4 is 27.9 Å². The van der Waals surface area contributed by atoms with Gasteiger partial charge in [0.25, 0.3) is 5.56 Å². The first-order valence-corrected chi connectivity index (χ1v) is 12.8. The van der Waals surface area contributed by atoms with Crippen LogP contribution in [0.2, 0.25) is 0 Å². The summed E-state index contributed by atoms with van der Waals surface area (Å²) in [6, 6.07) is 32.7. The van der Waals surface area contributed by atoms with Crippen LogP contribution >= 0.6 is 0 Å². The van der Waals surface area contributed by atoms with Crippen molar-refractivity contribution in [3.05, 3.63) is 142 Å². The van der Waals surface area contributed by atoms with E-state index in [2.05, 4.69) is 28.3 Å². The minimum Gasteiger partial charge on any atom is -0.489 e. The van der Waals surface area contributed by atoms with Gasteiger partial charge in [-0.05, 0) is 70.4 Å². The highest BCUT2D eigenvalue weighted by molar-refractivity contribution is 5.85. The van der Waals surface area contributed by atoms with Gasteiger partial charge in [0.15, 0.2) is 5.82 Å². The zero-order chi connectivity index (χ0) is 28.4. The molecule has 41 heavy (non-hydrogen) atoms. The molecule has 0 amide bonds. The topological polar surface area (TPSA) is 56.5 Å². The lowest BCUT2D eigenvalue weighted by Crippen LogP contribution is -2.20. The van der Waals surface area contributed by atoms with Crippen molar-refractivity contribution in [2.45, 2.75) is 12.8 Å². The van der Waals surface area contributed by atoms with Crippen LogP contribution in [0.3, 0.4) is 0 Å². The largest absolute Gasteiger partial charge is 0.489 e. The molecular formula is C33H22F3N3O2. The van der Waals surface area contributed by atoms with Gasteiger partial charge in [0.2, 0.25) is 0 Å². The van der Waals surface area contributed by atoms with E-state index in [1.807, 2.05) is 24.3 Å². The maximum Gasteiger partial charge on any atom is 0.416 e. The Balaban J connectivity index is 1.30. The predicted octanol–water partition coefficient (Wildman–Crippen LogP) is 7.70. The fourth-order valence-corrected chi connectivity index (χ4v) is 4.61. The molecule has 0 aliphatic heterocycles. The highest BCUT2D eigenvalue weighted by Gasteiger charge is 2.31. The van der Waals surface area contributed by atoms with Crippen molar-refractivity contribution in [1.29, 1.82) is 0 Å². The quantitative estimate of drug-likeness (QED) is 0.200. The highest BCUT2D eigenvalue weighted by atomic mass is 19.4. The SMILES string of the molecule is O=c1c2ccccc2nc(-c2cccc(C(F)(F)F)c2)n1N=Cc1ccc(OCc2cccc3ccccc23)cc1. The predicted molar refractivity (Wildman–Crippen MR) is 154 cm³/mol. The number of rotatable bonds is 6. The number of halogens is 3. The molecule has 0 N–H and O–H groups in total. The molecule has 5 aromatic carbocycles. The van der Waals surface area contributed by atoms with Crippen molar-refractivity contribution in [2.75, 3.05) is 0 Å². The normalized spacial score (nSPS) is 11.9. The Morgan fingerprint density at radius 3 is 2.32 bits per heavy atom. The monoisotopic (exact) mass is 549 g/mol. The molecule has 0 bridgehead atoms. The van der Waals surface area contributed by atoms with Crippen molar-refractivity contribution in [1.82, 2.24) is 9.66 Å². The van der Waals surface area contributed by atoms with Crippen molar-refractivity contribution in [3.63, 3.8) is 0 Å². The number of para-hydroxylation sites is 1. The number of fused-ring (bicyclic) bond motifs is 2. The van der Waals surface area contributed by atoms with E-state index in [1.165, 1.54) is 18.3 Å². The molecule has 1 aromatic heterocycles. The van der Waals surface area contributed by atoms with E-state index in [1.54, 1.807) is 48.5 Å². The molecule has 0 spiro atoms. The first kappa shape index (κ1) is 26.0. The van der Waals surface area contributed by atoms with Gasteiger partial charge in [-0.25, -0.2) is 4.98 Å². The number of aromatic nitrogens is 2. The van der Waals surface area contributed by atoms with E-state index >= 15 is 0 Å². The van der Waals surface area contributed by atoms with Gasteiger partial charge in [0, 0.05) is 5.56 Å². The minimum absolute atomic E-state index is 0.00564. The van der Waals surface area contributed by atoms with Gasteiger partial charge in [-0.2, -0.15) is 22.9 Å². The summed E-state index contributed by atoms with van der Waals surface area (Å²) in [5.74, 6) is 0.662. The standard InChI is InChI=1S/C33H22F3N3O2/c34-33(35,36)26-11-6-9-24(19-26)31-38-30-14-4-3-13-29(30)32(40)39(31)37-20-22-15-17-27(18-16-22)41-21-25-10-5-8-23-7-1-2-12-28(23)25/h1-20H,21H2. The molecule has 0 radical (unpaired) electrons. The number of hydrogen-bond acceptors (Lipinski definition) is 4. The third-order valence-corrected chi connectivity index (χ3v) is 6.68. The third-order valence-electron chi connectivity index (χ3n) is 6.68. The van der Waals surface area contributed by atoms with Crippen molar-refractivity contribution in [2.24, 2.45) is 5.10 Å². The van der Waals surface area contributed by atoms with Gasteiger partial charge in [0.1, 0.15) is 12.4 Å². The maximum atomic E-state index is 13.4. The summed E-state index contributed by atoms with van der Waals surface area (Å²) in [6.07, 6.45) is -3.08. The number of alkyl halides is 3. The van der Waals surface area contributed by atoms with Crippen LogP contribution in [0, 0.1) is 0 Å². The van der Waals surface area contributed by atoms with Gasteiger partial charge < -0.3 is 4.74 Å². The lowest BCUT2D eigenvalue weighted by Gasteiger charge is -2.12. The molecule has 0 saturated heterocycles. The second kappa shape index (κ2) is 10.7.